The smallest absolute Gasteiger partial charge is 0.0562 e. The number of nitrogens with zero attached hydrogens (tertiary/aromatic N) is 2. The van der Waals surface area contributed by atoms with Gasteiger partial charge in [0.05, 0.1) is 22.1 Å². The van der Waals surface area contributed by atoms with Crippen LogP contribution in [0.1, 0.15) is 0 Å². The molecule has 3 aromatic heterocycles. The second kappa shape index (κ2) is 7.24. The number of benzene rings is 6. The molecule has 0 saturated carbocycles. The van der Waals surface area contributed by atoms with E-state index in [-0.39, 0.29) is 0 Å². The molecule has 0 aliphatic rings. The maximum absolute atomic E-state index is 2.45. The Hall–Kier alpha value is -5.08. The van der Waals surface area contributed by atoms with Gasteiger partial charge in [-0.3, -0.25) is 0 Å². The van der Waals surface area contributed by atoms with Crippen LogP contribution in [0.15, 0.2) is 133 Å². The molecule has 0 spiro atoms. The van der Waals surface area contributed by atoms with Gasteiger partial charge in [-0.1, -0.05) is 78.9 Å². The first-order valence-corrected chi connectivity index (χ1v) is 13.1. The highest BCUT2D eigenvalue weighted by molar-refractivity contribution is 6.19. The zero-order chi connectivity index (χ0) is 24.8. The van der Waals surface area contributed by atoms with E-state index in [1.807, 2.05) is 0 Å². The van der Waals surface area contributed by atoms with Crippen molar-refractivity contribution in [3.05, 3.63) is 133 Å². The first kappa shape index (κ1) is 20.0. The molecule has 3 heterocycles. The topological polar surface area (TPSA) is 8.82 Å². The lowest BCUT2D eigenvalue weighted by Gasteiger charge is -2.07. The second-order valence-electron chi connectivity index (χ2n) is 10.3. The number of aromatic nitrogens is 2. The van der Waals surface area contributed by atoms with Crippen molar-refractivity contribution in [2.24, 2.45) is 0 Å². The Morgan fingerprint density at radius 1 is 0.316 bits per heavy atom. The average molecular weight is 483 g/mol. The van der Waals surface area contributed by atoms with Crippen LogP contribution in [0.5, 0.6) is 0 Å². The Labute approximate surface area is 218 Å². The minimum Gasteiger partial charge on any atom is -0.309 e. The van der Waals surface area contributed by atoms with Crippen molar-refractivity contribution in [1.82, 2.24) is 8.80 Å². The van der Waals surface area contributed by atoms with E-state index in [2.05, 4.69) is 142 Å². The molecule has 38 heavy (non-hydrogen) atoms. The second-order valence-corrected chi connectivity index (χ2v) is 10.3. The molecule has 0 aliphatic carbocycles. The van der Waals surface area contributed by atoms with Gasteiger partial charge in [-0.2, -0.15) is 0 Å². The number of hydrogen-bond donors (Lipinski definition) is 0. The van der Waals surface area contributed by atoms with Gasteiger partial charge in [0, 0.05) is 32.6 Å². The van der Waals surface area contributed by atoms with Gasteiger partial charge in [0.2, 0.25) is 0 Å². The Bertz CT molecular complexity index is 2390. The fourth-order valence-electron chi connectivity index (χ4n) is 6.52. The minimum absolute atomic E-state index is 1.18. The van der Waals surface area contributed by atoms with Crippen LogP contribution in [-0.4, -0.2) is 8.80 Å². The van der Waals surface area contributed by atoms with Crippen LogP contribution in [0.3, 0.4) is 0 Å². The summed E-state index contributed by atoms with van der Waals surface area (Å²) in [6, 6.07) is 49.1. The van der Waals surface area contributed by atoms with E-state index in [0.717, 1.165) is 0 Å². The Morgan fingerprint density at radius 2 is 0.947 bits per heavy atom. The quantitative estimate of drug-likeness (QED) is 0.220. The molecule has 0 N–H and O–H groups in total. The van der Waals surface area contributed by atoms with Crippen LogP contribution in [0.25, 0.3) is 76.5 Å². The molecule has 0 radical (unpaired) electrons. The van der Waals surface area contributed by atoms with Crippen LogP contribution in [0.4, 0.5) is 0 Å². The van der Waals surface area contributed by atoms with E-state index in [1.165, 1.54) is 76.5 Å². The molecule has 9 rings (SSSR count). The van der Waals surface area contributed by atoms with Gasteiger partial charge in [-0.15, -0.1) is 0 Å². The minimum atomic E-state index is 1.18. The molecule has 9 aromatic rings. The summed E-state index contributed by atoms with van der Waals surface area (Å²) in [7, 11) is 0. The average Bonchev–Trinajstić information content (AvgIpc) is 3.48. The zero-order valence-electron chi connectivity index (χ0n) is 20.6. The van der Waals surface area contributed by atoms with E-state index < -0.39 is 0 Å². The molecule has 176 valence electrons. The van der Waals surface area contributed by atoms with Gasteiger partial charge in [0.25, 0.3) is 0 Å². The maximum atomic E-state index is 2.45. The maximum Gasteiger partial charge on any atom is 0.0562 e. The normalized spacial score (nSPS) is 12.2. The molecular weight excluding hydrogens is 460 g/mol. The first-order valence-electron chi connectivity index (χ1n) is 13.1. The molecule has 6 bridgehead atoms. The van der Waals surface area contributed by atoms with Crippen molar-refractivity contribution in [3.63, 3.8) is 0 Å². The fourth-order valence-corrected chi connectivity index (χ4v) is 6.52. The van der Waals surface area contributed by atoms with E-state index in [0.29, 0.717) is 0 Å². The van der Waals surface area contributed by atoms with Gasteiger partial charge in [-0.05, 0) is 76.5 Å². The van der Waals surface area contributed by atoms with Gasteiger partial charge >= 0.3 is 0 Å². The monoisotopic (exact) mass is 482 g/mol. The predicted octanol–water partition coefficient (Wildman–Crippen LogP) is 9.62. The third-order valence-corrected chi connectivity index (χ3v) is 8.19. The zero-order valence-corrected chi connectivity index (χ0v) is 20.6. The SMILES string of the molecule is c1ccc(-c2cc3cc(c2)n2c4ccccc4c4cc5c6ccccc6n(c6cccc3c6)c5cc42)cc1. The van der Waals surface area contributed by atoms with Crippen LogP contribution >= 0.6 is 0 Å². The lowest BCUT2D eigenvalue weighted by molar-refractivity contribution is 1.32. The van der Waals surface area contributed by atoms with Crippen molar-refractivity contribution < 1.29 is 0 Å². The van der Waals surface area contributed by atoms with Crippen LogP contribution < -0.4 is 0 Å². The Morgan fingerprint density at radius 3 is 1.68 bits per heavy atom. The van der Waals surface area contributed by atoms with Crippen molar-refractivity contribution in [2.75, 3.05) is 0 Å². The molecule has 0 saturated heterocycles. The summed E-state index contributed by atoms with van der Waals surface area (Å²) in [5.74, 6) is 0. The van der Waals surface area contributed by atoms with Crippen molar-refractivity contribution in [1.29, 1.82) is 0 Å². The highest BCUT2D eigenvalue weighted by Gasteiger charge is 2.16. The lowest BCUT2D eigenvalue weighted by atomic mass is 10.0. The molecule has 0 unspecified atom stereocenters. The Kier molecular flexibility index (Phi) is 3.82. The molecule has 6 aromatic carbocycles. The molecule has 2 heteroatoms. The third-order valence-electron chi connectivity index (χ3n) is 8.19. The van der Waals surface area contributed by atoms with Gasteiger partial charge < -0.3 is 8.80 Å². The summed E-state index contributed by atoms with van der Waals surface area (Å²) < 4.78 is 4.89. The summed E-state index contributed by atoms with van der Waals surface area (Å²) in [5, 5.41) is 7.58. The molecule has 0 fully saturated rings. The Balaban J connectivity index is 1.65. The summed E-state index contributed by atoms with van der Waals surface area (Å²) in [5.41, 5.74) is 9.74. The highest BCUT2D eigenvalue weighted by atomic mass is 14.9. The van der Waals surface area contributed by atoms with Gasteiger partial charge in [-0.25, -0.2) is 0 Å². The standard InChI is InChI=1S/C36H22N2/c1-2-9-23(10-3-1)25-17-26-20-28(19-25)38-34-16-7-5-14-30(34)32-21-31-29-13-4-6-15-33(29)37(35(31)22-36(32)38)27-12-8-11-24(26)18-27/h1-22H. The van der Waals surface area contributed by atoms with Crippen molar-refractivity contribution in [3.8, 4) is 11.1 Å². The highest BCUT2D eigenvalue weighted by Crippen LogP contribution is 2.38. The van der Waals surface area contributed by atoms with E-state index in [4.69, 9.17) is 0 Å². The predicted molar refractivity (Wildman–Crippen MR) is 161 cm³/mol. The van der Waals surface area contributed by atoms with Gasteiger partial charge in [0.1, 0.15) is 0 Å². The van der Waals surface area contributed by atoms with Crippen LogP contribution in [0.2, 0.25) is 0 Å². The van der Waals surface area contributed by atoms with Crippen LogP contribution in [-0.2, 0) is 0 Å². The largest absolute Gasteiger partial charge is 0.309 e. The number of rotatable bonds is 1. The summed E-state index contributed by atoms with van der Waals surface area (Å²) in [6.07, 6.45) is 0. The molecule has 2 nitrogen and oxygen atoms in total. The van der Waals surface area contributed by atoms with E-state index in [9.17, 15) is 0 Å². The summed E-state index contributed by atoms with van der Waals surface area (Å²) in [4.78, 5) is 0. The van der Waals surface area contributed by atoms with E-state index in [1.54, 1.807) is 0 Å². The summed E-state index contributed by atoms with van der Waals surface area (Å²) in [6.45, 7) is 0. The van der Waals surface area contributed by atoms with Gasteiger partial charge in [0.15, 0.2) is 0 Å². The fraction of sp³-hybridized carbons (Fsp3) is 0. The van der Waals surface area contributed by atoms with Crippen molar-refractivity contribution in [2.45, 2.75) is 0 Å². The molecule has 0 aliphatic heterocycles. The van der Waals surface area contributed by atoms with E-state index >= 15 is 0 Å². The molecular formula is C36H22N2. The number of fused-ring (bicyclic) bond motifs is 13. The first-order chi connectivity index (χ1) is 18.8. The number of hydrogen-bond acceptors (Lipinski definition) is 0. The lowest BCUT2D eigenvalue weighted by Crippen LogP contribution is -1.87. The van der Waals surface area contributed by atoms with Crippen LogP contribution in [0, 0.1) is 0 Å². The summed E-state index contributed by atoms with van der Waals surface area (Å²) >= 11 is 0. The third kappa shape index (κ3) is 2.61. The molecule has 0 amide bonds. The molecule has 0 atom stereocenters. The van der Waals surface area contributed by atoms with Crippen molar-refractivity contribution >= 4 is 65.4 Å². The number of para-hydroxylation sites is 2.